The molecule has 0 nitrogen and oxygen atoms in total. The summed E-state index contributed by atoms with van der Waals surface area (Å²) in [5.41, 5.74) is 0. The third-order valence-electron chi connectivity index (χ3n) is 40.4. The first-order chi connectivity index (χ1) is 38.8. The van der Waals surface area contributed by atoms with Gasteiger partial charge >= 0.3 is 0 Å². The second-order valence-electron chi connectivity index (χ2n) is 38.9. The van der Waals surface area contributed by atoms with Crippen molar-refractivity contribution in [2.75, 3.05) is 0 Å². The van der Waals surface area contributed by atoms with Crippen molar-refractivity contribution >= 4 is 0 Å². The molecule has 78 heavy (non-hydrogen) atoms. The van der Waals surface area contributed by atoms with Crippen molar-refractivity contribution < 1.29 is 0 Å². The minimum Gasteiger partial charge on any atom is -0.0530 e. The summed E-state index contributed by atoms with van der Waals surface area (Å²) in [6, 6.07) is 0. The summed E-state index contributed by atoms with van der Waals surface area (Å²) in [5.74, 6) is 57.8. The Morgan fingerprint density at radius 2 is 0.179 bits per heavy atom. The van der Waals surface area contributed by atoms with Gasteiger partial charge in [-0.2, -0.15) is 0 Å². The highest BCUT2D eigenvalue weighted by atomic mass is 14.9. The second kappa shape index (κ2) is 14.7. The van der Waals surface area contributed by atoms with Crippen LogP contribution in [0.1, 0.15) is 193 Å². The molecule has 0 aromatic carbocycles. The molecule has 0 aliphatic heterocycles. The van der Waals surface area contributed by atoms with Crippen LogP contribution < -0.4 is 0 Å². The van der Waals surface area contributed by atoms with Crippen LogP contribution in [0.5, 0.6) is 0 Å². The molecule has 0 heterocycles. The molecule has 0 heteroatoms. The monoisotopic (exact) mass is 1040 g/mol. The van der Waals surface area contributed by atoms with Crippen LogP contribution in [0, 0.1) is 284 Å². The molecule has 0 radical (unpaired) electrons. The van der Waals surface area contributed by atoms with E-state index in [4.69, 9.17) is 0 Å². The Morgan fingerprint density at radius 1 is 0.0897 bits per heavy atom. The van der Waals surface area contributed by atoms with Gasteiger partial charge in [-0.3, -0.25) is 0 Å². The maximum atomic E-state index is 1.82. The summed E-state index contributed by atoms with van der Waals surface area (Å²) in [6.45, 7) is 0. The lowest BCUT2D eigenvalue weighted by molar-refractivity contribution is -0.423. The van der Waals surface area contributed by atoms with E-state index in [1.54, 1.807) is 154 Å². The average molecular weight is 1050 g/mol. The standard InChI is InChI=1S/C78H108/c1-2-14-32-31(13-1)43-25-45-33-15-3-4-16-34(33)47-27-49-37-19-7-8-20-38(37)51-29-52-40-22-10-12-24-42(40)54-30-53-41-23-11-9-21-39(41)50-28-48-36-18-6-5-17-35(36)46-26-44(32)56-55(43)67-57(45)59(47)69-61(49)62(51)71-64(52)66(54)72-65(53)63(50)70-60(48)58(46)68(56)74-73(67)75(69)77(71)78(72)76(70)74/h31-78H,1-30H2. The summed E-state index contributed by atoms with van der Waals surface area (Å²) in [5, 5.41) is 0. The first-order valence-electron chi connectivity index (χ1n) is 38.8. The molecule has 0 amide bonds. The number of fused-ring (bicyclic) bond motifs is 18. The molecular weight excluding hydrogens is 937 g/mol. The van der Waals surface area contributed by atoms with E-state index in [2.05, 4.69) is 0 Å². The smallest absolute Gasteiger partial charge is 0.0312 e. The maximum Gasteiger partial charge on any atom is -0.0312 e. The Hall–Kier alpha value is 0. The minimum absolute atomic E-state index is 1.17. The van der Waals surface area contributed by atoms with E-state index >= 15 is 0 Å². The molecule has 0 aromatic heterocycles. The Bertz CT molecular complexity index is 1980. The lowest BCUT2D eigenvalue weighted by Gasteiger charge is -2.89. The van der Waals surface area contributed by atoms with Crippen LogP contribution in [0.15, 0.2) is 0 Å². The van der Waals surface area contributed by atoms with Crippen molar-refractivity contribution in [2.24, 2.45) is 284 Å². The van der Waals surface area contributed by atoms with Crippen molar-refractivity contribution in [1.82, 2.24) is 0 Å². The van der Waals surface area contributed by atoms with Crippen LogP contribution in [-0.2, 0) is 0 Å². The molecule has 25 rings (SSSR count). The van der Waals surface area contributed by atoms with Crippen molar-refractivity contribution in [2.45, 2.75) is 193 Å². The number of hydrogen-bond acceptors (Lipinski definition) is 0. The first kappa shape index (κ1) is 44.5. The predicted octanol–water partition coefficient (Wildman–Crippen LogP) is 17.6. The van der Waals surface area contributed by atoms with Gasteiger partial charge in [0.05, 0.1) is 0 Å². The van der Waals surface area contributed by atoms with E-state index in [0.717, 1.165) is 0 Å². The quantitative estimate of drug-likeness (QED) is 0.227. The second-order valence-corrected chi connectivity index (χ2v) is 38.9. The van der Waals surface area contributed by atoms with Gasteiger partial charge in [0, 0.05) is 0 Å². The fourth-order valence-corrected chi connectivity index (χ4v) is 42.0. The Labute approximate surface area is 474 Å². The number of hydrogen-bond donors (Lipinski definition) is 0. The van der Waals surface area contributed by atoms with Gasteiger partial charge in [0.25, 0.3) is 0 Å². The third-order valence-corrected chi connectivity index (χ3v) is 40.4. The van der Waals surface area contributed by atoms with E-state index in [1.165, 1.54) is 284 Å². The van der Waals surface area contributed by atoms with Gasteiger partial charge in [0.1, 0.15) is 0 Å². The molecule has 25 fully saturated rings. The SMILES string of the molecule is C1CCC2C(C1)C1CC3C4CCCCC4C4CC5C6CCCCC6C6CC7C8CCCCC8C8CC9C%10CCCCC%10C%10CC%11C%12CCCCC%12C%12CC2C2C1C1C3C4C3C5C6C4C7C8C5C9C%10C6C%11C%12C2C2C1C3C4C5C62. The average Bonchev–Trinajstić information content (AvgIpc) is 0.906. The molecule has 0 N–H and O–H groups in total. The van der Waals surface area contributed by atoms with E-state index in [-0.39, 0.29) is 0 Å². The fourth-order valence-electron chi connectivity index (χ4n) is 42.0. The zero-order valence-electron chi connectivity index (χ0n) is 48.9. The van der Waals surface area contributed by atoms with E-state index < -0.39 is 0 Å². The summed E-state index contributed by atoms with van der Waals surface area (Å²) in [4.78, 5) is 0. The summed E-state index contributed by atoms with van der Waals surface area (Å²) in [7, 11) is 0. The lowest BCUT2D eigenvalue weighted by Crippen LogP contribution is -2.85. The van der Waals surface area contributed by atoms with Crippen LogP contribution in [0.25, 0.3) is 0 Å². The normalized spacial score (nSPS) is 75.7. The summed E-state index contributed by atoms with van der Waals surface area (Å²) < 4.78 is 0. The van der Waals surface area contributed by atoms with E-state index in [9.17, 15) is 0 Å². The van der Waals surface area contributed by atoms with Gasteiger partial charge < -0.3 is 0 Å². The Balaban J connectivity index is 0.796. The highest BCUT2D eigenvalue weighted by molar-refractivity contribution is 5.35. The molecule has 36 atom stereocenters. The Kier molecular flexibility index (Phi) is 8.37. The van der Waals surface area contributed by atoms with Gasteiger partial charge in [-0.1, -0.05) is 77.0 Å². The topological polar surface area (TPSA) is 0 Å². The van der Waals surface area contributed by atoms with Crippen LogP contribution in [0.3, 0.4) is 0 Å². The zero-order valence-corrected chi connectivity index (χ0v) is 48.9. The molecule has 25 saturated carbocycles. The van der Waals surface area contributed by atoms with Gasteiger partial charge in [-0.05, 0) is 400 Å². The highest BCUT2D eigenvalue weighted by Gasteiger charge is 2.88. The largest absolute Gasteiger partial charge is 0.0530 e. The predicted molar refractivity (Wildman–Crippen MR) is 306 cm³/mol. The minimum atomic E-state index is 1.17. The van der Waals surface area contributed by atoms with Crippen LogP contribution >= 0.6 is 0 Å². The molecule has 0 spiro atoms. The van der Waals surface area contributed by atoms with Gasteiger partial charge in [0.15, 0.2) is 0 Å². The van der Waals surface area contributed by atoms with E-state index in [0.29, 0.717) is 0 Å². The zero-order chi connectivity index (χ0) is 48.9. The van der Waals surface area contributed by atoms with Gasteiger partial charge in [-0.25, -0.2) is 0 Å². The molecule has 0 saturated heterocycles. The van der Waals surface area contributed by atoms with Crippen molar-refractivity contribution in [3.8, 4) is 0 Å². The summed E-state index contributed by atoms with van der Waals surface area (Å²) >= 11 is 0. The Morgan fingerprint density at radius 3 is 0.282 bits per heavy atom. The third kappa shape index (κ3) is 4.57. The molecule has 420 valence electrons. The lowest BCUT2D eigenvalue weighted by atomic mass is 9.15. The maximum absolute atomic E-state index is 1.82. The van der Waals surface area contributed by atoms with Gasteiger partial charge in [0.2, 0.25) is 0 Å². The van der Waals surface area contributed by atoms with Crippen LogP contribution in [0.2, 0.25) is 0 Å². The highest BCUT2D eigenvalue weighted by Crippen LogP contribution is 2.92. The van der Waals surface area contributed by atoms with Crippen LogP contribution in [-0.4, -0.2) is 0 Å². The molecular formula is C78H108. The van der Waals surface area contributed by atoms with Crippen molar-refractivity contribution in [3.63, 3.8) is 0 Å². The molecule has 0 aromatic rings. The summed E-state index contributed by atoms with van der Waals surface area (Å²) in [6.07, 6.45) is 51.2. The first-order valence-corrected chi connectivity index (χ1v) is 38.8. The fraction of sp³-hybridized carbons (Fsp3) is 1.00. The van der Waals surface area contributed by atoms with Crippen molar-refractivity contribution in [1.29, 1.82) is 0 Å². The molecule has 25 aliphatic carbocycles. The van der Waals surface area contributed by atoms with Gasteiger partial charge in [-0.15, -0.1) is 0 Å². The molecule has 25 aliphatic rings. The molecule has 0 bridgehead atoms. The van der Waals surface area contributed by atoms with Crippen LogP contribution in [0.4, 0.5) is 0 Å². The molecule has 36 unspecified atom stereocenters. The van der Waals surface area contributed by atoms with Crippen molar-refractivity contribution in [3.05, 3.63) is 0 Å². The van der Waals surface area contributed by atoms with E-state index in [1.807, 2.05) is 38.5 Å². The number of rotatable bonds is 0.